The molecule has 1 N–H and O–H groups in total. The van der Waals surface area contributed by atoms with Crippen molar-refractivity contribution in [3.63, 3.8) is 0 Å². The molecule has 0 saturated carbocycles. The van der Waals surface area contributed by atoms with Gasteiger partial charge in [-0.25, -0.2) is 13.4 Å². The Morgan fingerprint density at radius 2 is 1.78 bits per heavy atom. The Bertz CT molecular complexity index is 1080. The maximum absolute atomic E-state index is 12.9. The highest BCUT2D eigenvalue weighted by molar-refractivity contribution is 7.92. The SMILES string of the molecule is Cc1nc(C)c(C(=O)Nc2cccc(S(=O)(=O)N(C)c3ccccc3)c2)s1. The van der Waals surface area contributed by atoms with Crippen LogP contribution in [0.15, 0.2) is 59.5 Å². The zero-order valence-electron chi connectivity index (χ0n) is 15.1. The van der Waals surface area contributed by atoms with E-state index in [2.05, 4.69) is 10.3 Å². The van der Waals surface area contributed by atoms with E-state index >= 15 is 0 Å². The Kier molecular flexibility index (Phi) is 5.29. The molecule has 1 amide bonds. The number of para-hydroxylation sites is 1. The first kappa shape index (κ1) is 19.1. The average molecular weight is 402 g/mol. The second-order valence-electron chi connectivity index (χ2n) is 5.94. The van der Waals surface area contributed by atoms with Crippen LogP contribution in [0.2, 0.25) is 0 Å². The summed E-state index contributed by atoms with van der Waals surface area (Å²) in [6.45, 7) is 3.61. The molecule has 1 aromatic heterocycles. The molecule has 0 saturated heterocycles. The van der Waals surface area contributed by atoms with Crippen LogP contribution in [0.1, 0.15) is 20.4 Å². The van der Waals surface area contributed by atoms with Crippen molar-refractivity contribution in [3.8, 4) is 0 Å². The number of rotatable bonds is 5. The van der Waals surface area contributed by atoms with E-state index in [0.717, 1.165) is 5.01 Å². The molecule has 0 aliphatic carbocycles. The van der Waals surface area contributed by atoms with Crippen LogP contribution in [0.3, 0.4) is 0 Å². The van der Waals surface area contributed by atoms with Gasteiger partial charge >= 0.3 is 0 Å². The van der Waals surface area contributed by atoms with Crippen molar-refractivity contribution in [3.05, 3.63) is 70.2 Å². The summed E-state index contributed by atoms with van der Waals surface area (Å²) in [6, 6.07) is 15.0. The van der Waals surface area contributed by atoms with Gasteiger partial charge in [-0.1, -0.05) is 24.3 Å². The molecule has 1 heterocycles. The highest BCUT2D eigenvalue weighted by Gasteiger charge is 2.22. The smallest absolute Gasteiger partial charge is 0.267 e. The average Bonchev–Trinajstić information content (AvgIpc) is 3.00. The van der Waals surface area contributed by atoms with Crippen LogP contribution in [0, 0.1) is 13.8 Å². The van der Waals surface area contributed by atoms with Gasteiger partial charge in [0.15, 0.2) is 0 Å². The van der Waals surface area contributed by atoms with Crippen LogP contribution >= 0.6 is 11.3 Å². The molecule has 0 bridgehead atoms. The molecule has 140 valence electrons. The van der Waals surface area contributed by atoms with Crippen LogP contribution in [0.5, 0.6) is 0 Å². The van der Waals surface area contributed by atoms with Gasteiger partial charge in [0.25, 0.3) is 15.9 Å². The molecule has 2 aromatic carbocycles. The minimum absolute atomic E-state index is 0.101. The highest BCUT2D eigenvalue weighted by atomic mass is 32.2. The molecular formula is C19H19N3O3S2. The summed E-state index contributed by atoms with van der Waals surface area (Å²) < 4.78 is 27.0. The van der Waals surface area contributed by atoms with E-state index in [1.54, 1.807) is 43.3 Å². The van der Waals surface area contributed by atoms with Crippen LogP contribution in [0.25, 0.3) is 0 Å². The summed E-state index contributed by atoms with van der Waals surface area (Å²) in [6.07, 6.45) is 0. The molecule has 0 radical (unpaired) electrons. The van der Waals surface area contributed by atoms with Gasteiger partial charge in [-0.05, 0) is 44.2 Å². The Morgan fingerprint density at radius 3 is 2.41 bits per heavy atom. The second kappa shape index (κ2) is 7.50. The number of hydrogen-bond acceptors (Lipinski definition) is 5. The number of aryl methyl sites for hydroxylation is 2. The summed E-state index contributed by atoms with van der Waals surface area (Å²) in [4.78, 5) is 17.3. The monoisotopic (exact) mass is 401 g/mol. The molecular weight excluding hydrogens is 382 g/mol. The first-order valence-corrected chi connectivity index (χ1v) is 10.4. The normalized spacial score (nSPS) is 11.2. The Labute approximate surface area is 162 Å². The van der Waals surface area contributed by atoms with E-state index in [1.165, 1.54) is 34.8 Å². The number of nitrogens with one attached hydrogen (secondary N) is 1. The van der Waals surface area contributed by atoms with E-state index in [1.807, 2.05) is 13.0 Å². The van der Waals surface area contributed by atoms with Gasteiger partial charge in [0, 0.05) is 12.7 Å². The number of carbonyl (C=O) groups is 1. The fourth-order valence-corrected chi connectivity index (χ4v) is 4.66. The predicted octanol–water partition coefficient (Wildman–Crippen LogP) is 3.84. The molecule has 0 aliphatic rings. The first-order chi connectivity index (χ1) is 12.8. The number of amides is 1. The van der Waals surface area contributed by atoms with Gasteiger partial charge in [0.1, 0.15) is 4.88 Å². The van der Waals surface area contributed by atoms with Gasteiger partial charge < -0.3 is 5.32 Å². The maximum Gasteiger partial charge on any atom is 0.267 e. The molecule has 3 aromatic rings. The number of sulfonamides is 1. The third-order valence-corrected chi connectivity index (χ3v) is 6.83. The van der Waals surface area contributed by atoms with E-state index in [4.69, 9.17) is 0 Å². The van der Waals surface area contributed by atoms with Crippen molar-refractivity contribution >= 4 is 38.6 Å². The standard InChI is InChI=1S/C19H19N3O3S2/c1-13-18(26-14(2)20-13)19(23)21-15-8-7-11-17(12-15)27(24,25)22(3)16-9-5-4-6-10-16/h4-12H,1-3H3,(H,21,23). The van der Waals surface area contributed by atoms with E-state index < -0.39 is 10.0 Å². The Morgan fingerprint density at radius 1 is 1.07 bits per heavy atom. The molecule has 8 heteroatoms. The predicted molar refractivity (Wildman–Crippen MR) is 108 cm³/mol. The summed E-state index contributed by atoms with van der Waals surface area (Å²) in [5.74, 6) is -0.302. The first-order valence-electron chi connectivity index (χ1n) is 8.18. The number of anilines is 2. The van der Waals surface area contributed by atoms with Crippen molar-refractivity contribution in [1.29, 1.82) is 0 Å². The lowest BCUT2D eigenvalue weighted by Gasteiger charge is -2.19. The van der Waals surface area contributed by atoms with Crippen LogP contribution in [-0.2, 0) is 10.0 Å². The Balaban J connectivity index is 1.87. The topological polar surface area (TPSA) is 79.4 Å². The molecule has 27 heavy (non-hydrogen) atoms. The van der Waals surface area contributed by atoms with Crippen molar-refractivity contribution in [2.24, 2.45) is 0 Å². The third-order valence-electron chi connectivity index (χ3n) is 3.98. The number of hydrogen-bond donors (Lipinski definition) is 1. The summed E-state index contributed by atoms with van der Waals surface area (Å²) in [5.41, 5.74) is 1.62. The Hall–Kier alpha value is -2.71. The largest absolute Gasteiger partial charge is 0.321 e. The molecule has 0 spiro atoms. The minimum atomic E-state index is -3.75. The third kappa shape index (κ3) is 4.01. The lowest BCUT2D eigenvalue weighted by molar-refractivity contribution is 0.102. The molecule has 0 fully saturated rings. The van der Waals surface area contributed by atoms with Gasteiger partial charge in [-0.3, -0.25) is 9.10 Å². The number of benzene rings is 2. The summed E-state index contributed by atoms with van der Waals surface area (Å²) >= 11 is 1.30. The highest BCUT2D eigenvalue weighted by Crippen LogP contribution is 2.24. The number of carbonyl (C=O) groups excluding carboxylic acids is 1. The molecule has 3 rings (SSSR count). The lowest BCUT2D eigenvalue weighted by Crippen LogP contribution is -2.26. The van der Waals surface area contributed by atoms with Crippen LogP contribution in [-0.4, -0.2) is 26.4 Å². The van der Waals surface area contributed by atoms with Gasteiger partial charge in [-0.15, -0.1) is 11.3 Å². The number of aromatic nitrogens is 1. The number of nitrogens with zero attached hydrogens (tertiary/aromatic N) is 2. The fourth-order valence-electron chi connectivity index (χ4n) is 2.60. The summed E-state index contributed by atoms with van der Waals surface area (Å²) in [5, 5.41) is 3.56. The van der Waals surface area contributed by atoms with Crippen molar-refractivity contribution in [2.45, 2.75) is 18.7 Å². The maximum atomic E-state index is 12.9. The summed E-state index contributed by atoms with van der Waals surface area (Å²) in [7, 11) is -2.25. The second-order valence-corrected chi connectivity index (χ2v) is 9.11. The number of thiazole rings is 1. The van der Waals surface area contributed by atoms with Gasteiger partial charge in [0.2, 0.25) is 0 Å². The zero-order chi connectivity index (χ0) is 19.6. The quantitative estimate of drug-likeness (QED) is 0.704. The van der Waals surface area contributed by atoms with E-state index in [9.17, 15) is 13.2 Å². The van der Waals surface area contributed by atoms with Gasteiger partial charge in [-0.2, -0.15) is 0 Å². The van der Waals surface area contributed by atoms with E-state index in [0.29, 0.717) is 21.9 Å². The molecule has 0 unspecified atom stereocenters. The van der Waals surface area contributed by atoms with E-state index in [-0.39, 0.29) is 10.8 Å². The van der Waals surface area contributed by atoms with Crippen molar-refractivity contribution in [1.82, 2.24) is 4.98 Å². The van der Waals surface area contributed by atoms with Crippen molar-refractivity contribution in [2.75, 3.05) is 16.7 Å². The minimum Gasteiger partial charge on any atom is -0.321 e. The van der Waals surface area contributed by atoms with Gasteiger partial charge in [0.05, 0.1) is 21.3 Å². The zero-order valence-corrected chi connectivity index (χ0v) is 16.8. The van der Waals surface area contributed by atoms with Crippen LogP contribution in [0.4, 0.5) is 11.4 Å². The lowest BCUT2D eigenvalue weighted by atomic mass is 10.3. The van der Waals surface area contributed by atoms with Crippen molar-refractivity contribution < 1.29 is 13.2 Å². The fraction of sp³-hybridized carbons (Fsp3) is 0.158. The molecule has 6 nitrogen and oxygen atoms in total. The molecule has 0 atom stereocenters. The molecule has 0 aliphatic heterocycles. The van der Waals surface area contributed by atoms with Crippen LogP contribution < -0.4 is 9.62 Å².